The highest BCUT2D eigenvalue weighted by atomic mass is 15.3. The van der Waals surface area contributed by atoms with Crippen molar-refractivity contribution in [3.8, 4) is 17.2 Å². The van der Waals surface area contributed by atoms with Crippen LogP contribution in [0, 0.1) is 0 Å². The third-order valence-corrected chi connectivity index (χ3v) is 4.91. The minimum absolute atomic E-state index is 0.839. The van der Waals surface area contributed by atoms with Crippen molar-refractivity contribution < 1.29 is 4.57 Å². The lowest BCUT2D eigenvalue weighted by atomic mass is 10.2. The van der Waals surface area contributed by atoms with E-state index in [9.17, 15) is 0 Å². The summed E-state index contributed by atoms with van der Waals surface area (Å²) in [5.74, 6) is 1.13. The second kappa shape index (κ2) is 4.54. The average molecular weight is 324 g/mol. The monoisotopic (exact) mass is 324 g/mol. The van der Waals surface area contributed by atoms with E-state index in [1.807, 2.05) is 30.6 Å². The Hall–Kier alpha value is -3.47. The summed E-state index contributed by atoms with van der Waals surface area (Å²) < 4.78 is 6.79. The van der Waals surface area contributed by atoms with Crippen molar-refractivity contribution >= 4 is 16.8 Å². The van der Waals surface area contributed by atoms with Gasteiger partial charge in [-0.3, -0.25) is 4.40 Å². The Balaban J connectivity index is 1.84. The molecule has 0 N–H and O–H groups in total. The number of nitrogens with zero attached hydrogens (tertiary/aromatic N) is 5. The molecule has 5 heterocycles. The van der Waals surface area contributed by atoms with Gasteiger partial charge in [0.05, 0.1) is 0 Å². The minimum atomic E-state index is 0.839. The molecule has 4 aromatic heterocycles. The number of benzene rings is 1. The SMILES string of the molecule is c1ccc(-n2c3[n+](c4cc5ncccn5c42)Cc2cccnc2-3)cc1. The summed E-state index contributed by atoms with van der Waals surface area (Å²) in [6.45, 7) is 0.839. The van der Waals surface area contributed by atoms with Crippen molar-refractivity contribution in [2.75, 3.05) is 0 Å². The zero-order chi connectivity index (χ0) is 16.4. The first-order valence-electron chi connectivity index (χ1n) is 8.32. The van der Waals surface area contributed by atoms with Crippen LogP contribution in [0.25, 0.3) is 34.0 Å². The van der Waals surface area contributed by atoms with Crippen LogP contribution in [0.5, 0.6) is 0 Å². The lowest BCUT2D eigenvalue weighted by molar-refractivity contribution is -0.645. The van der Waals surface area contributed by atoms with Crippen molar-refractivity contribution in [1.82, 2.24) is 18.9 Å². The molecule has 5 nitrogen and oxygen atoms in total. The van der Waals surface area contributed by atoms with E-state index < -0.39 is 0 Å². The van der Waals surface area contributed by atoms with Crippen molar-refractivity contribution in [3.63, 3.8) is 0 Å². The molecule has 0 saturated heterocycles. The fourth-order valence-electron chi connectivity index (χ4n) is 3.89. The third kappa shape index (κ3) is 1.59. The lowest BCUT2D eigenvalue weighted by Crippen LogP contribution is -2.31. The molecule has 5 heteroatoms. The van der Waals surface area contributed by atoms with Gasteiger partial charge in [-0.05, 0) is 24.3 Å². The van der Waals surface area contributed by atoms with Crippen molar-refractivity contribution in [2.45, 2.75) is 6.54 Å². The van der Waals surface area contributed by atoms with E-state index in [1.54, 1.807) is 0 Å². The summed E-state index contributed by atoms with van der Waals surface area (Å²) >= 11 is 0. The molecule has 0 spiro atoms. The Bertz CT molecular complexity index is 1260. The molecule has 25 heavy (non-hydrogen) atoms. The van der Waals surface area contributed by atoms with Gasteiger partial charge in [0, 0.05) is 30.2 Å². The van der Waals surface area contributed by atoms with Gasteiger partial charge in [0.1, 0.15) is 17.9 Å². The van der Waals surface area contributed by atoms with E-state index in [0.29, 0.717) is 0 Å². The highest BCUT2D eigenvalue weighted by molar-refractivity contribution is 5.82. The molecule has 0 bridgehead atoms. The fraction of sp³-hybridized carbons (Fsp3) is 0.0500. The highest BCUT2D eigenvalue weighted by Gasteiger charge is 2.37. The molecular formula is C20H14N5+. The van der Waals surface area contributed by atoms with Crippen LogP contribution in [0.1, 0.15) is 5.56 Å². The van der Waals surface area contributed by atoms with Gasteiger partial charge in [-0.2, -0.15) is 4.57 Å². The van der Waals surface area contributed by atoms with E-state index in [1.165, 1.54) is 11.1 Å². The summed E-state index contributed by atoms with van der Waals surface area (Å²) in [4.78, 5) is 9.20. The van der Waals surface area contributed by atoms with Crippen LogP contribution in [0.2, 0.25) is 0 Å². The molecule has 118 valence electrons. The Morgan fingerprint density at radius 3 is 2.72 bits per heavy atom. The smallest absolute Gasteiger partial charge is 0.264 e. The first-order chi connectivity index (χ1) is 12.4. The zero-order valence-electron chi connectivity index (χ0n) is 13.4. The van der Waals surface area contributed by atoms with Crippen LogP contribution in [-0.4, -0.2) is 18.9 Å². The van der Waals surface area contributed by atoms with Crippen LogP contribution in [0.4, 0.5) is 0 Å². The molecule has 0 fully saturated rings. The van der Waals surface area contributed by atoms with Crippen molar-refractivity contribution in [2.24, 2.45) is 0 Å². The molecular weight excluding hydrogens is 310 g/mol. The largest absolute Gasteiger partial charge is 0.315 e. The summed E-state index contributed by atoms with van der Waals surface area (Å²) in [7, 11) is 0. The summed E-state index contributed by atoms with van der Waals surface area (Å²) in [6.07, 6.45) is 5.77. The predicted octanol–water partition coefficient (Wildman–Crippen LogP) is 2.99. The highest BCUT2D eigenvalue weighted by Crippen LogP contribution is 2.33. The van der Waals surface area contributed by atoms with E-state index >= 15 is 0 Å². The number of fused-ring (bicyclic) bond motifs is 7. The number of hydrogen-bond donors (Lipinski definition) is 0. The topological polar surface area (TPSA) is 39.0 Å². The summed E-state index contributed by atoms with van der Waals surface area (Å²) in [5.41, 5.74) is 6.70. The predicted molar refractivity (Wildman–Crippen MR) is 94.6 cm³/mol. The maximum Gasteiger partial charge on any atom is 0.315 e. The molecule has 0 atom stereocenters. The van der Waals surface area contributed by atoms with Crippen LogP contribution in [0.3, 0.4) is 0 Å². The van der Waals surface area contributed by atoms with Gasteiger partial charge in [0.2, 0.25) is 0 Å². The van der Waals surface area contributed by atoms with Crippen LogP contribution >= 0.6 is 0 Å². The molecule has 0 unspecified atom stereocenters. The number of pyridine rings is 1. The van der Waals surface area contributed by atoms with Crippen LogP contribution in [0.15, 0.2) is 73.2 Å². The number of imidazole rings is 1. The normalized spacial score (nSPS) is 12.6. The Morgan fingerprint density at radius 2 is 1.80 bits per heavy atom. The Kier molecular flexibility index (Phi) is 2.34. The molecule has 5 aromatic rings. The number of rotatable bonds is 1. The second-order valence-corrected chi connectivity index (χ2v) is 6.29. The van der Waals surface area contributed by atoms with Crippen LogP contribution in [-0.2, 0) is 6.54 Å². The van der Waals surface area contributed by atoms with E-state index in [0.717, 1.165) is 35.0 Å². The van der Waals surface area contributed by atoms with E-state index in [-0.39, 0.29) is 0 Å². The average Bonchev–Trinajstić information content (AvgIpc) is 3.30. The Morgan fingerprint density at radius 1 is 0.920 bits per heavy atom. The second-order valence-electron chi connectivity index (χ2n) is 6.29. The van der Waals surface area contributed by atoms with Gasteiger partial charge in [0.15, 0.2) is 11.2 Å². The van der Waals surface area contributed by atoms with Crippen molar-refractivity contribution in [1.29, 1.82) is 0 Å². The molecule has 0 aliphatic carbocycles. The van der Waals surface area contributed by atoms with Gasteiger partial charge in [-0.15, -0.1) is 0 Å². The molecule has 1 aromatic carbocycles. The first-order valence-corrected chi connectivity index (χ1v) is 8.32. The van der Waals surface area contributed by atoms with Crippen LogP contribution < -0.4 is 4.57 Å². The molecule has 1 aliphatic rings. The third-order valence-electron chi connectivity index (χ3n) is 4.91. The fourth-order valence-corrected chi connectivity index (χ4v) is 3.89. The zero-order valence-corrected chi connectivity index (χ0v) is 13.4. The van der Waals surface area contributed by atoms with Gasteiger partial charge in [-0.25, -0.2) is 14.5 Å². The van der Waals surface area contributed by atoms with Gasteiger partial charge >= 0.3 is 5.82 Å². The molecule has 1 aliphatic heterocycles. The first kappa shape index (κ1) is 12.9. The number of hydrogen-bond acceptors (Lipinski definition) is 2. The van der Waals surface area contributed by atoms with Gasteiger partial charge in [0.25, 0.3) is 5.65 Å². The standard InChI is InChI=1S/C20H14N5/c1-2-7-15(8-3-1)25-19-16(12-17-21-10-5-11-23(17)19)24-13-14-6-4-9-22-18(14)20(24)25/h1-12H,13H2/q+1. The van der Waals surface area contributed by atoms with Gasteiger partial charge < -0.3 is 0 Å². The summed E-state index contributed by atoms with van der Waals surface area (Å²) in [6, 6.07) is 18.7. The maximum absolute atomic E-state index is 4.68. The molecule has 6 rings (SSSR count). The lowest BCUT2D eigenvalue weighted by Gasteiger charge is -2.02. The number of para-hydroxylation sites is 1. The van der Waals surface area contributed by atoms with Gasteiger partial charge in [-0.1, -0.05) is 24.3 Å². The summed E-state index contributed by atoms with van der Waals surface area (Å²) in [5, 5.41) is 0. The molecule has 0 saturated carbocycles. The number of aromatic nitrogens is 5. The molecule has 0 radical (unpaired) electrons. The van der Waals surface area contributed by atoms with Crippen molar-refractivity contribution in [3.05, 3.63) is 78.8 Å². The van der Waals surface area contributed by atoms with E-state index in [4.69, 9.17) is 0 Å². The quantitative estimate of drug-likeness (QED) is 0.436. The maximum atomic E-state index is 4.68. The van der Waals surface area contributed by atoms with E-state index in [2.05, 4.69) is 66.1 Å². The molecule has 0 amide bonds. The minimum Gasteiger partial charge on any atom is -0.264 e. The Labute approximate surface area is 143 Å².